The molecule has 1 amide bonds. The van der Waals surface area contributed by atoms with Gasteiger partial charge in [-0.05, 0) is 18.6 Å². The minimum atomic E-state index is -0.592. The van der Waals surface area contributed by atoms with Gasteiger partial charge in [-0.3, -0.25) is 14.9 Å². The van der Waals surface area contributed by atoms with Gasteiger partial charge in [0.2, 0.25) is 5.91 Å². The van der Waals surface area contributed by atoms with Crippen molar-refractivity contribution in [1.82, 2.24) is 5.32 Å². The van der Waals surface area contributed by atoms with Crippen molar-refractivity contribution >= 4 is 17.3 Å². The number of rotatable bonds is 6. The van der Waals surface area contributed by atoms with Crippen molar-refractivity contribution < 1.29 is 9.72 Å². The number of hydrogen-bond acceptors (Lipinski definition) is 5. The van der Waals surface area contributed by atoms with Crippen molar-refractivity contribution in [2.75, 3.05) is 25.0 Å². The predicted octanol–water partition coefficient (Wildman–Crippen LogP) is 1.43. The molecule has 7 heteroatoms. The van der Waals surface area contributed by atoms with Crippen LogP contribution in [-0.4, -0.2) is 31.0 Å². The minimum absolute atomic E-state index is 0.00879. The lowest BCUT2D eigenvalue weighted by atomic mass is 10.1. The van der Waals surface area contributed by atoms with E-state index in [9.17, 15) is 14.9 Å². The minimum Gasteiger partial charge on any atom is -0.362 e. The maximum absolute atomic E-state index is 11.5. The van der Waals surface area contributed by atoms with Gasteiger partial charge in [-0.1, -0.05) is 6.92 Å². The van der Waals surface area contributed by atoms with Crippen LogP contribution >= 0.6 is 0 Å². The van der Waals surface area contributed by atoms with Gasteiger partial charge in [-0.15, -0.1) is 0 Å². The first kappa shape index (κ1) is 15.4. The van der Waals surface area contributed by atoms with E-state index < -0.39 is 4.92 Å². The van der Waals surface area contributed by atoms with Crippen LogP contribution < -0.4 is 10.2 Å². The molecule has 1 aromatic carbocycles. The second kappa shape index (κ2) is 7.09. The van der Waals surface area contributed by atoms with Crippen LogP contribution in [0.2, 0.25) is 0 Å². The molecule has 0 aromatic heterocycles. The van der Waals surface area contributed by atoms with Crippen LogP contribution in [0.4, 0.5) is 11.4 Å². The summed E-state index contributed by atoms with van der Waals surface area (Å²) < 4.78 is 0. The normalized spacial score (nSPS) is 9.65. The topological polar surface area (TPSA) is 99.3 Å². The van der Waals surface area contributed by atoms with Crippen LogP contribution in [0.3, 0.4) is 0 Å². The van der Waals surface area contributed by atoms with Crippen LogP contribution in [0.1, 0.15) is 18.9 Å². The number of nitrogens with one attached hydrogen (secondary N) is 1. The second-order valence-corrected chi connectivity index (χ2v) is 4.17. The zero-order chi connectivity index (χ0) is 15.1. The van der Waals surface area contributed by atoms with E-state index in [1.165, 1.54) is 12.1 Å². The number of benzene rings is 1. The number of nitro benzene ring substituents is 1. The van der Waals surface area contributed by atoms with Gasteiger partial charge in [-0.25, -0.2) is 0 Å². The second-order valence-electron chi connectivity index (χ2n) is 4.17. The molecule has 0 heterocycles. The summed E-state index contributed by atoms with van der Waals surface area (Å²) in [7, 11) is 1.54. The number of amides is 1. The van der Waals surface area contributed by atoms with E-state index in [0.717, 1.165) is 6.42 Å². The van der Waals surface area contributed by atoms with Crippen molar-refractivity contribution in [3.63, 3.8) is 0 Å². The summed E-state index contributed by atoms with van der Waals surface area (Å²) in [5.41, 5.74) is 0.385. The Hall–Kier alpha value is -2.62. The summed E-state index contributed by atoms with van der Waals surface area (Å²) in [5.74, 6) is -0.157. The van der Waals surface area contributed by atoms with E-state index in [-0.39, 0.29) is 23.7 Å². The van der Waals surface area contributed by atoms with E-state index >= 15 is 0 Å². The first-order valence-electron chi connectivity index (χ1n) is 6.17. The summed E-state index contributed by atoms with van der Waals surface area (Å²) >= 11 is 0. The van der Waals surface area contributed by atoms with Gasteiger partial charge in [-0.2, -0.15) is 5.26 Å². The summed E-state index contributed by atoms with van der Waals surface area (Å²) in [6.45, 7) is 2.73. The van der Waals surface area contributed by atoms with Gasteiger partial charge in [0, 0.05) is 25.3 Å². The Balaban J connectivity index is 3.12. The molecule has 0 aliphatic heterocycles. The van der Waals surface area contributed by atoms with Crippen LogP contribution in [0, 0.1) is 21.4 Å². The third-order valence-corrected chi connectivity index (χ3v) is 2.77. The highest BCUT2D eigenvalue weighted by atomic mass is 16.6. The monoisotopic (exact) mass is 276 g/mol. The van der Waals surface area contributed by atoms with Crippen molar-refractivity contribution in [2.24, 2.45) is 0 Å². The van der Waals surface area contributed by atoms with Crippen LogP contribution in [-0.2, 0) is 4.79 Å². The lowest BCUT2D eigenvalue weighted by Crippen LogP contribution is -2.36. The van der Waals surface area contributed by atoms with Crippen molar-refractivity contribution in [3.05, 3.63) is 33.9 Å². The quantitative estimate of drug-likeness (QED) is 0.626. The van der Waals surface area contributed by atoms with Gasteiger partial charge >= 0.3 is 0 Å². The molecule has 0 atom stereocenters. The number of carbonyl (C=O) groups excluding carboxylic acids is 1. The van der Waals surface area contributed by atoms with Gasteiger partial charge in [0.25, 0.3) is 5.69 Å². The highest BCUT2D eigenvalue weighted by Crippen LogP contribution is 2.24. The number of carbonyl (C=O) groups is 1. The Morgan fingerprint density at radius 1 is 1.55 bits per heavy atom. The number of likely N-dealkylation sites (N-methyl/N-ethyl adjacent to an activating group) is 1. The Morgan fingerprint density at radius 3 is 2.75 bits per heavy atom. The molecule has 7 nitrogen and oxygen atoms in total. The lowest BCUT2D eigenvalue weighted by Gasteiger charge is -2.23. The molecule has 0 saturated carbocycles. The molecule has 1 aromatic rings. The van der Waals surface area contributed by atoms with Crippen LogP contribution in [0.15, 0.2) is 18.2 Å². The molecule has 106 valence electrons. The molecule has 0 fully saturated rings. The fraction of sp³-hybridized carbons (Fsp3) is 0.385. The summed E-state index contributed by atoms with van der Waals surface area (Å²) in [6.07, 6.45) is 0.815. The van der Waals surface area contributed by atoms with Crippen molar-refractivity contribution in [3.8, 4) is 6.07 Å². The van der Waals surface area contributed by atoms with Crippen LogP contribution in [0.25, 0.3) is 0 Å². The SMILES string of the molecule is CCCN(CC(=O)NC)c1ccc([N+](=O)[O-])c(C#N)c1. The van der Waals surface area contributed by atoms with Crippen molar-refractivity contribution in [2.45, 2.75) is 13.3 Å². The number of nitrogens with zero attached hydrogens (tertiary/aromatic N) is 3. The molecule has 0 radical (unpaired) electrons. The van der Waals surface area contributed by atoms with E-state index in [4.69, 9.17) is 5.26 Å². The van der Waals surface area contributed by atoms with Crippen molar-refractivity contribution in [1.29, 1.82) is 5.26 Å². The molecule has 0 aliphatic rings. The highest BCUT2D eigenvalue weighted by Gasteiger charge is 2.17. The molecular formula is C13H16N4O3. The standard InChI is InChI=1S/C13H16N4O3/c1-3-6-16(9-13(18)15-2)11-4-5-12(17(19)20)10(7-11)8-14/h4-5,7H,3,6,9H2,1-2H3,(H,15,18). The predicted molar refractivity (Wildman–Crippen MR) is 74.4 cm³/mol. The largest absolute Gasteiger partial charge is 0.362 e. The average Bonchev–Trinajstić information content (AvgIpc) is 2.45. The van der Waals surface area contributed by atoms with E-state index in [1.807, 2.05) is 13.0 Å². The summed E-state index contributed by atoms with van der Waals surface area (Å²) in [4.78, 5) is 23.5. The van der Waals surface area contributed by atoms with Gasteiger partial charge in [0.1, 0.15) is 11.6 Å². The fourth-order valence-electron chi connectivity index (χ4n) is 1.79. The molecular weight excluding hydrogens is 260 g/mol. The van der Waals surface area contributed by atoms with Gasteiger partial charge in [0.05, 0.1) is 11.5 Å². The van der Waals surface area contributed by atoms with Gasteiger partial charge < -0.3 is 10.2 Å². The third kappa shape index (κ3) is 3.68. The molecule has 0 bridgehead atoms. The fourth-order valence-corrected chi connectivity index (χ4v) is 1.79. The maximum atomic E-state index is 11.5. The first-order valence-corrected chi connectivity index (χ1v) is 6.17. The third-order valence-electron chi connectivity index (χ3n) is 2.77. The number of anilines is 1. The Labute approximate surface area is 117 Å². The maximum Gasteiger partial charge on any atom is 0.287 e. The van der Waals surface area contributed by atoms with Gasteiger partial charge in [0.15, 0.2) is 0 Å². The van der Waals surface area contributed by atoms with Crippen LogP contribution in [0.5, 0.6) is 0 Å². The Kier molecular flexibility index (Phi) is 5.47. The molecule has 20 heavy (non-hydrogen) atoms. The first-order chi connectivity index (χ1) is 9.53. The lowest BCUT2D eigenvalue weighted by molar-refractivity contribution is -0.385. The molecule has 0 aliphatic carbocycles. The zero-order valence-corrected chi connectivity index (χ0v) is 11.4. The molecule has 0 saturated heterocycles. The number of hydrogen-bond donors (Lipinski definition) is 1. The average molecular weight is 276 g/mol. The van der Waals surface area contributed by atoms with E-state index in [1.54, 1.807) is 18.0 Å². The number of nitro groups is 1. The number of nitriles is 1. The zero-order valence-electron chi connectivity index (χ0n) is 11.4. The molecule has 1 rings (SSSR count). The van der Waals surface area contributed by atoms with E-state index in [0.29, 0.717) is 12.2 Å². The van der Waals surface area contributed by atoms with E-state index in [2.05, 4.69) is 5.32 Å². The molecule has 0 unspecified atom stereocenters. The Morgan fingerprint density at radius 2 is 2.25 bits per heavy atom. The summed E-state index contributed by atoms with van der Waals surface area (Å²) in [5, 5.41) is 22.3. The smallest absolute Gasteiger partial charge is 0.287 e. The Bertz CT molecular complexity index is 551. The highest BCUT2D eigenvalue weighted by molar-refractivity contribution is 5.81. The molecule has 1 N–H and O–H groups in total. The summed E-state index contributed by atoms with van der Waals surface area (Å²) in [6, 6.07) is 6.10. The molecule has 0 spiro atoms.